The van der Waals surface area contributed by atoms with Gasteiger partial charge in [-0.15, -0.1) is 0 Å². The fourth-order valence-corrected chi connectivity index (χ4v) is 1.67. The van der Waals surface area contributed by atoms with E-state index in [1.165, 1.54) is 0 Å². The van der Waals surface area contributed by atoms with Crippen LogP contribution in [0.15, 0.2) is 42.5 Å². The fourth-order valence-electron chi connectivity index (χ4n) is 1.53. The molecular formula is C12H8Cl3NO. The Hall–Kier alpha value is -0.960. The van der Waals surface area contributed by atoms with E-state index in [9.17, 15) is 4.79 Å². The second kappa shape index (κ2) is 4.73. The summed E-state index contributed by atoms with van der Waals surface area (Å²) in [5.41, 5.74) is 0.624. The normalized spacial score (nSPS) is 11.5. The number of hydrogen-bond donors (Lipinski definition) is 1. The van der Waals surface area contributed by atoms with Gasteiger partial charge >= 0.3 is 0 Å². The zero-order valence-electron chi connectivity index (χ0n) is 8.58. The summed E-state index contributed by atoms with van der Waals surface area (Å²) in [5.74, 6) is -0.668. The molecule has 5 heteroatoms. The molecule has 2 nitrogen and oxygen atoms in total. The molecule has 2 aromatic rings. The van der Waals surface area contributed by atoms with E-state index >= 15 is 0 Å². The maximum Gasteiger partial charge on any atom is 0.276 e. The second-order valence-electron chi connectivity index (χ2n) is 3.48. The maximum absolute atomic E-state index is 11.6. The average Bonchev–Trinajstić information content (AvgIpc) is 2.28. The minimum atomic E-state index is -1.96. The van der Waals surface area contributed by atoms with E-state index in [1.54, 1.807) is 6.07 Å². The molecule has 0 spiro atoms. The molecule has 2 rings (SSSR count). The van der Waals surface area contributed by atoms with Gasteiger partial charge in [0, 0.05) is 11.1 Å². The quantitative estimate of drug-likeness (QED) is 0.785. The van der Waals surface area contributed by atoms with Crippen LogP contribution in [0, 0.1) is 0 Å². The number of hydrogen-bond acceptors (Lipinski definition) is 1. The Balaban J connectivity index is 2.40. The molecular weight excluding hydrogens is 280 g/mol. The molecule has 0 aromatic heterocycles. The number of rotatable bonds is 1. The summed E-state index contributed by atoms with van der Waals surface area (Å²) < 4.78 is -1.96. The number of halogens is 3. The second-order valence-corrected chi connectivity index (χ2v) is 5.76. The van der Waals surface area contributed by atoms with Crippen LogP contribution >= 0.6 is 34.8 Å². The van der Waals surface area contributed by atoms with E-state index in [0.29, 0.717) is 5.69 Å². The molecule has 0 radical (unpaired) electrons. The number of carbonyl (C=O) groups excluding carboxylic acids is 1. The predicted octanol–water partition coefficient (Wildman–Crippen LogP) is 4.15. The van der Waals surface area contributed by atoms with Crippen LogP contribution in [-0.4, -0.2) is 9.70 Å². The molecule has 0 atom stereocenters. The lowest BCUT2D eigenvalue weighted by atomic mass is 10.1. The minimum absolute atomic E-state index is 0.624. The van der Waals surface area contributed by atoms with E-state index in [2.05, 4.69) is 5.32 Å². The molecule has 0 saturated heterocycles. The van der Waals surface area contributed by atoms with Crippen molar-refractivity contribution in [2.45, 2.75) is 3.79 Å². The molecule has 1 N–H and O–H groups in total. The Morgan fingerprint density at radius 3 is 2.35 bits per heavy atom. The number of anilines is 1. The first-order chi connectivity index (χ1) is 7.98. The van der Waals surface area contributed by atoms with Crippen molar-refractivity contribution in [3.05, 3.63) is 42.5 Å². The Kier molecular flexibility index (Phi) is 3.48. The third-order valence-corrected chi connectivity index (χ3v) is 2.81. The van der Waals surface area contributed by atoms with Gasteiger partial charge < -0.3 is 5.32 Å². The van der Waals surface area contributed by atoms with Gasteiger partial charge in [0.05, 0.1) is 0 Å². The number of fused-ring (bicyclic) bond motifs is 1. The molecule has 17 heavy (non-hydrogen) atoms. The van der Waals surface area contributed by atoms with Gasteiger partial charge in [-0.1, -0.05) is 71.2 Å². The lowest BCUT2D eigenvalue weighted by Crippen LogP contribution is -2.26. The zero-order chi connectivity index (χ0) is 12.5. The lowest BCUT2D eigenvalue weighted by molar-refractivity contribution is -0.115. The van der Waals surface area contributed by atoms with Gasteiger partial charge in [0.15, 0.2) is 0 Å². The van der Waals surface area contributed by atoms with Gasteiger partial charge in [0.1, 0.15) is 0 Å². The first-order valence-electron chi connectivity index (χ1n) is 4.84. The molecule has 88 valence electrons. The summed E-state index contributed by atoms with van der Waals surface area (Å²) in [5, 5.41) is 4.50. The highest BCUT2D eigenvalue weighted by Crippen LogP contribution is 2.29. The predicted molar refractivity (Wildman–Crippen MR) is 72.9 cm³/mol. The largest absolute Gasteiger partial charge is 0.322 e. The van der Waals surface area contributed by atoms with Gasteiger partial charge in [-0.25, -0.2) is 0 Å². The van der Waals surface area contributed by atoms with Gasteiger partial charge in [-0.05, 0) is 11.5 Å². The molecule has 2 aromatic carbocycles. The van der Waals surface area contributed by atoms with Crippen LogP contribution in [0.3, 0.4) is 0 Å². The number of alkyl halides is 3. The monoisotopic (exact) mass is 287 g/mol. The van der Waals surface area contributed by atoms with Crippen molar-refractivity contribution in [2.24, 2.45) is 0 Å². The van der Waals surface area contributed by atoms with E-state index in [1.807, 2.05) is 36.4 Å². The molecule has 0 saturated carbocycles. The van der Waals surface area contributed by atoms with Crippen molar-refractivity contribution < 1.29 is 4.79 Å². The molecule has 0 aliphatic rings. The van der Waals surface area contributed by atoms with E-state index < -0.39 is 9.70 Å². The molecule has 0 unspecified atom stereocenters. The van der Waals surface area contributed by atoms with Crippen LogP contribution in [0.25, 0.3) is 10.8 Å². The standard InChI is InChI=1S/C12H8Cl3NO/c13-12(14,15)11(17)16-10-7-3-5-8-4-1-2-6-9(8)10/h1-7H,(H,16,17). The van der Waals surface area contributed by atoms with E-state index in [0.717, 1.165) is 10.8 Å². The summed E-state index contributed by atoms with van der Waals surface area (Å²) in [6, 6.07) is 13.2. The van der Waals surface area contributed by atoms with Crippen LogP contribution in [0.4, 0.5) is 5.69 Å². The fraction of sp³-hybridized carbons (Fsp3) is 0.0833. The lowest BCUT2D eigenvalue weighted by Gasteiger charge is -2.13. The zero-order valence-corrected chi connectivity index (χ0v) is 10.9. The third-order valence-electron chi connectivity index (χ3n) is 2.30. The first-order valence-corrected chi connectivity index (χ1v) is 5.98. The number of amides is 1. The van der Waals surface area contributed by atoms with Crippen LogP contribution in [0.5, 0.6) is 0 Å². The summed E-state index contributed by atoms with van der Waals surface area (Å²) >= 11 is 16.5. The molecule has 0 aliphatic heterocycles. The average molecular weight is 289 g/mol. The maximum atomic E-state index is 11.6. The summed E-state index contributed by atoms with van der Waals surface area (Å²) in [6.07, 6.45) is 0. The topological polar surface area (TPSA) is 29.1 Å². The third kappa shape index (κ3) is 2.83. The minimum Gasteiger partial charge on any atom is -0.322 e. The molecule has 0 aliphatic carbocycles. The van der Waals surface area contributed by atoms with Gasteiger partial charge in [-0.3, -0.25) is 4.79 Å². The molecule has 0 bridgehead atoms. The van der Waals surface area contributed by atoms with Crippen molar-refractivity contribution in [2.75, 3.05) is 5.32 Å². The summed E-state index contributed by atoms with van der Waals surface area (Å²) in [6.45, 7) is 0. The van der Waals surface area contributed by atoms with Crippen molar-refractivity contribution in [3.63, 3.8) is 0 Å². The highest BCUT2D eigenvalue weighted by molar-refractivity contribution is 6.76. The van der Waals surface area contributed by atoms with Crippen molar-refractivity contribution in [1.29, 1.82) is 0 Å². The summed E-state index contributed by atoms with van der Waals surface area (Å²) in [4.78, 5) is 11.6. The van der Waals surface area contributed by atoms with E-state index in [4.69, 9.17) is 34.8 Å². The number of nitrogens with one attached hydrogen (secondary N) is 1. The number of carbonyl (C=O) groups is 1. The van der Waals surface area contributed by atoms with E-state index in [-0.39, 0.29) is 0 Å². The first kappa shape index (κ1) is 12.5. The van der Waals surface area contributed by atoms with Crippen LogP contribution < -0.4 is 5.32 Å². The molecule has 0 fully saturated rings. The molecule has 1 amide bonds. The Labute approximate surface area is 113 Å². The van der Waals surface area contributed by atoms with Crippen molar-refractivity contribution >= 4 is 57.2 Å². The highest BCUT2D eigenvalue weighted by Gasteiger charge is 2.30. The number of benzene rings is 2. The SMILES string of the molecule is O=C(Nc1cccc2ccccc12)C(Cl)(Cl)Cl. The smallest absolute Gasteiger partial charge is 0.276 e. The van der Waals surface area contributed by atoms with Crippen LogP contribution in [-0.2, 0) is 4.79 Å². The summed E-state index contributed by atoms with van der Waals surface area (Å²) in [7, 11) is 0. The molecule has 0 heterocycles. The Morgan fingerprint density at radius 2 is 1.65 bits per heavy atom. The highest BCUT2D eigenvalue weighted by atomic mass is 35.6. The Morgan fingerprint density at radius 1 is 1.00 bits per heavy atom. The van der Waals surface area contributed by atoms with Crippen LogP contribution in [0.1, 0.15) is 0 Å². The van der Waals surface area contributed by atoms with Gasteiger partial charge in [0.2, 0.25) is 0 Å². The van der Waals surface area contributed by atoms with Crippen molar-refractivity contribution in [3.8, 4) is 0 Å². The van der Waals surface area contributed by atoms with Gasteiger partial charge in [0.25, 0.3) is 9.70 Å². The Bertz CT molecular complexity index is 558. The van der Waals surface area contributed by atoms with Crippen LogP contribution in [0.2, 0.25) is 0 Å². The van der Waals surface area contributed by atoms with Gasteiger partial charge in [-0.2, -0.15) is 0 Å². The van der Waals surface area contributed by atoms with Crippen molar-refractivity contribution in [1.82, 2.24) is 0 Å².